The van der Waals surface area contributed by atoms with Crippen LogP contribution in [0.5, 0.6) is 5.88 Å². The number of aryl methyl sites for hydroxylation is 1. The van der Waals surface area contributed by atoms with Gasteiger partial charge in [0.05, 0.1) is 24.9 Å². The fraction of sp³-hybridized carbons (Fsp3) is 0.450. The number of pyridine rings is 2. The van der Waals surface area contributed by atoms with E-state index in [0.717, 1.165) is 25.3 Å². The second kappa shape index (κ2) is 7.41. The van der Waals surface area contributed by atoms with Gasteiger partial charge in [-0.1, -0.05) is 6.07 Å². The maximum Gasteiger partial charge on any atom is 0.255 e. The van der Waals surface area contributed by atoms with E-state index in [0.29, 0.717) is 36.4 Å². The van der Waals surface area contributed by atoms with Gasteiger partial charge in [-0.3, -0.25) is 9.78 Å². The Morgan fingerprint density at radius 3 is 2.96 bits per heavy atom. The van der Waals surface area contributed by atoms with Crippen LogP contribution in [0, 0.1) is 18.8 Å². The Morgan fingerprint density at radius 2 is 2.19 bits per heavy atom. The average Bonchev–Trinajstić information content (AvgIpc) is 3.24. The van der Waals surface area contributed by atoms with Crippen LogP contribution in [0.4, 0.5) is 0 Å². The highest BCUT2D eigenvalue weighted by molar-refractivity contribution is 5.94. The third-order valence-corrected chi connectivity index (χ3v) is 5.26. The highest BCUT2D eigenvalue weighted by Crippen LogP contribution is 2.36. The average molecular weight is 353 g/mol. The monoisotopic (exact) mass is 353 g/mol. The van der Waals surface area contributed by atoms with Crippen LogP contribution in [0.25, 0.3) is 0 Å². The standard InChI is InChI=1S/C20H23N3O3/c1-14-5-6-15(10-22-14)20(24)23-11-17-16(13-26-18(17)12-23)7-9-25-19-4-2-3-8-21-19/h2-6,8,10,16-18H,7,9,11-13H2,1H3/t16-,17-,18-/m0/s1. The minimum atomic E-state index is 0.0407. The number of amides is 1. The summed E-state index contributed by atoms with van der Waals surface area (Å²) in [7, 11) is 0. The molecule has 2 saturated heterocycles. The van der Waals surface area contributed by atoms with Gasteiger partial charge in [0.25, 0.3) is 5.91 Å². The topological polar surface area (TPSA) is 64.6 Å². The predicted molar refractivity (Wildman–Crippen MR) is 95.9 cm³/mol. The van der Waals surface area contributed by atoms with E-state index < -0.39 is 0 Å². The molecule has 6 heteroatoms. The first-order chi connectivity index (χ1) is 12.7. The van der Waals surface area contributed by atoms with Crippen LogP contribution >= 0.6 is 0 Å². The molecular weight excluding hydrogens is 330 g/mol. The van der Waals surface area contributed by atoms with Gasteiger partial charge in [-0.15, -0.1) is 0 Å². The van der Waals surface area contributed by atoms with Gasteiger partial charge in [-0.2, -0.15) is 0 Å². The lowest BCUT2D eigenvalue weighted by Gasteiger charge is -2.20. The third kappa shape index (κ3) is 3.55. The molecule has 2 aliphatic heterocycles. The SMILES string of the molecule is Cc1ccc(C(=O)N2C[C@H]3[C@@H](CCOc4ccccn4)CO[C@H]3C2)cn1. The molecule has 2 aromatic heterocycles. The molecule has 0 unspecified atom stereocenters. The molecule has 3 atom stereocenters. The van der Waals surface area contributed by atoms with E-state index in [1.807, 2.05) is 42.2 Å². The molecule has 1 amide bonds. The summed E-state index contributed by atoms with van der Waals surface area (Å²) in [5.41, 5.74) is 1.56. The van der Waals surface area contributed by atoms with Gasteiger partial charge in [0.15, 0.2) is 0 Å². The number of nitrogens with zero attached hydrogens (tertiary/aromatic N) is 3. The summed E-state index contributed by atoms with van der Waals surface area (Å²) in [6, 6.07) is 9.36. The number of likely N-dealkylation sites (tertiary alicyclic amines) is 1. The first kappa shape index (κ1) is 17.0. The summed E-state index contributed by atoms with van der Waals surface area (Å²) < 4.78 is 11.7. The molecular formula is C20H23N3O3. The third-order valence-electron chi connectivity index (χ3n) is 5.26. The number of carbonyl (C=O) groups excluding carboxylic acids is 1. The second-order valence-corrected chi connectivity index (χ2v) is 7.00. The van der Waals surface area contributed by atoms with Gasteiger partial charge >= 0.3 is 0 Å². The van der Waals surface area contributed by atoms with Crippen LogP contribution in [-0.4, -0.2) is 53.2 Å². The zero-order valence-corrected chi connectivity index (χ0v) is 14.9. The van der Waals surface area contributed by atoms with Gasteiger partial charge in [0.1, 0.15) is 0 Å². The number of hydrogen-bond donors (Lipinski definition) is 0. The Bertz CT molecular complexity index is 751. The Labute approximate surface area is 153 Å². The quantitative estimate of drug-likeness (QED) is 0.825. The number of carbonyl (C=O) groups is 1. The zero-order valence-electron chi connectivity index (χ0n) is 14.9. The van der Waals surface area contributed by atoms with Crippen molar-refractivity contribution >= 4 is 5.91 Å². The molecule has 26 heavy (non-hydrogen) atoms. The van der Waals surface area contributed by atoms with Crippen molar-refractivity contribution in [2.45, 2.75) is 19.4 Å². The number of ether oxygens (including phenoxy) is 2. The lowest BCUT2D eigenvalue weighted by atomic mass is 9.91. The van der Waals surface area contributed by atoms with Gasteiger partial charge in [0, 0.05) is 43.2 Å². The Morgan fingerprint density at radius 1 is 1.27 bits per heavy atom. The lowest BCUT2D eigenvalue weighted by molar-refractivity contribution is 0.0671. The van der Waals surface area contributed by atoms with E-state index >= 15 is 0 Å². The summed E-state index contributed by atoms with van der Waals surface area (Å²) in [5, 5.41) is 0. The number of aromatic nitrogens is 2. The van der Waals surface area contributed by atoms with Crippen LogP contribution < -0.4 is 4.74 Å². The summed E-state index contributed by atoms with van der Waals surface area (Å²) in [4.78, 5) is 23.0. The molecule has 4 rings (SSSR count). The lowest BCUT2D eigenvalue weighted by Crippen LogP contribution is -2.31. The van der Waals surface area contributed by atoms with Crippen molar-refractivity contribution in [3.05, 3.63) is 54.0 Å². The van der Waals surface area contributed by atoms with Crippen LogP contribution in [-0.2, 0) is 4.74 Å². The molecule has 136 valence electrons. The van der Waals surface area contributed by atoms with Crippen LogP contribution in [0.15, 0.2) is 42.7 Å². The van der Waals surface area contributed by atoms with E-state index in [9.17, 15) is 4.79 Å². The maximum absolute atomic E-state index is 12.7. The number of hydrogen-bond acceptors (Lipinski definition) is 5. The Kier molecular flexibility index (Phi) is 4.84. The van der Waals surface area contributed by atoms with Crippen LogP contribution in [0.2, 0.25) is 0 Å². The minimum absolute atomic E-state index is 0.0407. The first-order valence-corrected chi connectivity index (χ1v) is 9.08. The largest absolute Gasteiger partial charge is 0.478 e. The number of rotatable bonds is 5. The molecule has 6 nitrogen and oxygen atoms in total. The normalized spacial score (nSPS) is 24.5. The second-order valence-electron chi connectivity index (χ2n) is 7.00. The molecule has 0 N–H and O–H groups in total. The van der Waals surface area contributed by atoms with E-state index in [1.165, 1.54) is 0 Å². The molecule has 0 saturated carbocycles. The van der Waals surface area contributed by atoms with Crippen molar-refractivity contribution in [2.24, 2.45) is 11.8 Å². The van der Waals surface area contributed by atoms with Crippen molar-refractivity contribution in [3.63, 3.8) is 0 Å². The molecule has 0 spiro atoms. The Balaban J connectivity index is 1.32. The van der Waals surface area contributed by atoms with E-state index in [1.54, 1.807) is 12.4 Å². The van der Waals surface area contributed by atoms with E-state index in [-0.39, 0.29) is 12.0 Å². The van der Waals surface area contributed by atoms with Crippen molar-refractivity contribution in [2.75, 3.05) is 26.3 Å². The fourth-order valence-corrected chi connectivity index (χ4v) is 3.79. The van der Waals surface area contributed by atoms with Gasteiger partial charge in [-0.05, 0) is 37.5 Å². The van der Waals surface area contributed by atoms with Crippen LogP contribution in [0.1, 0.15) is 22.5 Å². The van der Waals surface area contributed by atoms with Gasteiger partial charge in [0.2, 0.25) is 5.88 Å². The fourth-order valence-electron chi connectivity index (χ4n) is 3.79. The smallest absolute Gasteiger partial charge is 0.255 e. The predicted octanol–water partition coefficient (Wildman–Crippen LogP) is 2.34. The highest BCUT2D eigenvalue weighted by Gasteiger charge is 2.45. The molecule has 0 bridgehead atoms. The summed E-state index contributed by atoms with van der Waals surface area (Å²) in [6.45, 7) is 4.68. The molecule has 0 radical (unpaired) electrons. The summed E-state index contributed by atoms with van der Waals surface area (Å²) in [5.74, 6) is 1.49. The summed E-state index contributed by atoms with van der Waals surface area (Å²) >= 11 is 0. The molecule has 2 aromatic rings. The van der Waals surface area contributed by atoms with Crippen molar-refractivity contribution in [3.8, 4) is 5.88 Å². The zero-order chi connectivity index (χ0) is 17.9. The van der Waals surface area contributed by atoms with Gasteiger partial charge < -0.3 is 14.4 Å². The van der Waals surface area contributed by atoms with Crippen molar-refractivity contribution in [1.29, 1.82) is 0 Å². The molecule has 0 aromatic carbocycles. The summed E-state index contributed by atoms with van der Waals surface area (Å²) in [6.07, 6.45) is 4.43. The van der Waals surface area contributed by atoms with Crippen molar-refractivity contribution < 1.29 is 14.3 Å². The molecule has 4 heterocycles. The maximum atomic E-state index is 12.7. The number of fused-ring (bicyclic) bond motifs is 1. The van der Waals surface area contributed by atoms with E-state index in [4.69, 9.17) is 9.47 Å². The molecule has 2 fully saturated rings. The van der Waals surface area contributed by atoms with Crippen LogP contribution in [0.3, 0.4) is 0 Å². The first-order valence-electron chi connectivity index (χ1n) is 9.08. The van der Waals surface area contributed by atoms with Gasteiger partial charge in [-0.25, -0.2) is 4.98 Å². The minimum Gasteiger partial charge on any atom is -0.478 e. The molecule has 2 aliphatic rings. The van der Waals surface area contributed by atoms with Crippen molar-refractivity contribution in [1.82, 2.24) is 14.9 Å². The highest BCUT2D eigenvalue weighted by atomic mass is 16.5. The van der Waals surface area contributed by atoms with E-state index in [2.05, 4.69) is 9.97 Å². The Hall–Kier alpha value is -2.47. The molecule has 0 aliphatic carbocycles.